The predicted molar refractivity (Wildman–Crippen MR) is 89.9 cm³/mol. The minimum atomic E-state index is 0.248. The molecule has 21 heavy (non-hydrogen) atoms. The fraction of sp³-hybridized carbons (Fsp3) is 0.353. The average Bonchev–Trinajstić information content (AvgIpc) is 2.52. The number of hydrogen-bond acceptors (Lipinski definition) is 3. The van der Waals surface area contributed by atoms with E-state index in [0.717, 1.165) is 35.1 Å². The second-order valence-electron chi connectivity index (χ2n) is 5.05. The molecule has 0 amide bonds. The Morgan fingerprint density at radius 2 is 2.10 bits per heavy atom. The maximum atomic E-state index is 6.42. The monoisotopic (exact) mass is 303 g/mol. The van der Waals surface area contributed by atoms with E-state index in [1.165, 1.54) is 0 Å². The Labute approximate surface area is 132 Å². The van der Waals surface area contributed by atoms with Gasteiger partial charge in [-0.2, -0.15) is 0 Å². The molecule has 1 N–H and O–H groups in total. The second-order valence-corrected chi connectivity index (χ2v) is 5.46. The molecule has 1 aromatic heterocycles. The Balaban J connectivity index is 2.21. The molecule has 2 aromatic rings. The maximum absolute atomic E-state index is 6.42. The van der Waals surface area contributed by atoms with E-state index in [0.29, 0.717) is 0 Å². The highest BCUT2D eigenvalue weighted by atomic mass is 35.5. The van der Waals surface area contributed by atoms with Crippen LogP contribution >= 0.6 is 11.6 Å². The van der Waals surface area contributed by atoms with Crippen LogP contribution in [0.2, 0.25) is 5.02 Å². The van der Waals surface area contributed by atoms with Crippen LogP contribution in [0, 0.1) is 0 Å². The topological polar surface area (TPSA) is 28.2 Å². The Bertz CT molecular complexity index is 572. The molecule has 1 unspecified atom stereocenters. The van der Waals surface area contributed by atoms with Crippen LogP contribution in [0.15, 0.2) is 42.6 Å². The van der Waals surface area contributed by atoms with Gasteiger partial charge in [-0.1, -0.05) is 23.7 Å². The van der Waals surface area contributed by atoms with Crippen molar-refractivity contribution in [3.8, 4) is 0 Å². The summed E-state index contributed by atoms with van der Waals surface area (Å²) in [6, 6.07) is 12.5. The van der Waals surface area contributed by atoms with E-state index in [2.05, 4.69) is 41.2 Å². The highest BCUT2D eigenvalue weighted by Crippen LogP contribution is 2.28. The first-order valence-electron chi connectivity index (χ1n) is 7.27. The molecule has 1 aromatic carbocycles. The fourth-order valence-corrected chi connectivity index (χ4v) is 2.63. The number of anilines is 1. The second kappa shape index (κ2) is 7.43. The minimum Gasteiger partial charge on any atom is -0.366 e. The predicted octanol–water partition coefficient (Wildman–Crippen LogP) is 4.04. The van der Waals surface area contributed by atoms with Crippen molar-refractivity contribution >= 4 is 17.3 Å². The molecule has 0 saturated carbocycles. The lowest BCUT2D eigenvalue weighted by Gasteiger charge is -2.24. The van der Waals surface area contributed by atoms with Gasteiger partial charge in [-0.15, -0.1) is 0 Å². The third-order valence-electron chi connectivity index (χ3n) is 3.71. The third-order valence-corrected chi connectivity index (χ3v) is 4.04. The van der Waals surface area contributed by atoms with Crippen molar-refractivity contribution in [1.82, 2.24) is 10.3 Å². The number of halogens is 1. The molecule has 0 aliphatic rings. The average molecular weight is 304 g/mol. The Morgan fingerprint density at radius 1 is 1.29 bits per heavy atom. The van der Waals surface area contributed by atoms with Crippen LogP contribution in [-0.2, 0) is 6.54 Å². The van der Waals surface area contributed by atoms with Crippen molar-refractivity contribution < 1.29 is 0 Å². The zero-order chi connectivity index (χ0) is 15.2. The molecule has 0 bridgehead atoms. The summed E-state index contributed by atoms with van der Waals surface area (Å²) in [5.74, 6) is 0. The molecule has 112 valence electrons. The first-order valence-corrected chi connectivity index (χ1v) is 7.65. The number of pyridine rings is 1. The first-order chi connectivity index (χ1) is 10.2. The SMILES string of the molecule is CCN(Cc1ccccn1)c1ccc(C(C)NC)c(Cl)c1. The summed E-state index contributed by atoms with van der Waals surface area (Å²) in [6.45, 7) is 5.94. The smallest absolute Gasteiger partial charge is 0.0601 e. The van der Waals surface area contributed by atoms with E-state index in [1.54, 1.807) is 0 Å². The van der Waals surface area contributed by atoms with E-state index in [-0.39, 0.29) is 6.04 Å². The van der Waals surface area contributed by atoms with Gasteiger partial charge < -0.3 is 10.2 Å². The van der Waals surface area contributed by atoms with Gasteiger partial charge in [0.2, 0.25) is 0 Å². The normalized spacial score (nSPS) is 12.2. The Hall–Kier alpha value is -1.58. The molecule has 0 aliphatic heterocycles. The number of hydrogen-bond donors (Lipinski definition) is 1. The van der Waals surface area contributed by atoms with Gasteiger partial charge in [-0.05, 0) is 50.7 Å². The van der Waals surface area contributed by atoms with Crippen LogP contribution in [-0.4, -0.2) is 18.6 Å². The molecule has 0 aliphatic carbocycles. The van der Waals surface area contributed by atoms with Gasteiger partial charge in [0.25, 0.3) is 0 Å². The molecule has 2 rings (SSSR count). The number of aromatic nitrogens is 1. The number of nitrogens with one attached hydrogen (secondary N) is 1. The van der Waals surface area contributed by atoms with Gasteiger partial charge in [0.1, 0.15) is 0 Å². The summed E-state index contributed by atoms with van der Waals surface area (Å²) in [6.07, 6.45) is 1.83. The van der Waals surface area contributed by atoms with E-state index in [4.69, 9.17) is 11.6 Å². The standard InChI is InChI=1S/C17H22ClN3/c1-4-21(12-14-7-5-6-10-20-14)15-8-9-16(13(2)19-3)17(18)11-15/h5-11,13,19H,4,12H2,1-3H3. The largest absolute Gasteiger partial charge is 0.366 e. The summed E-state index contributed by atoms with van der Waals surface area (Å²) in [5, 5.41) is 4.02. The van der Waals surface area contributed by atoms with Crippen molar-refractivity contribution in [2.75, 3.05) is 18.5 Å². The maximum Gasteiger partial charge on any atom is 0.0601 e. The van der Waals surface area contributed by atoms with Gasteiger partial charge in [0.15, 0.2) is 0 Å². The molecule has 0 radical (unpaired) electrons. The van der Waals surface area contributed by atoms with Crippen LogP contribution in [0.25, 0.3) is 0 Å². The molecule has 3 nitrogen and oxygen atoms in total. The summed E-state index contributed by atoms with van der Waals surface area (Å²) in [7, 11) is 1.94. The zero-order valence-corrected chi connectivity index (χ0v) is 13.6. The highest BCUT2D eigenvalue weighted by Gasteiger charge is 2.11. The fourth-order valence-electron chi connectivity index (χ4n) is 2.29. The van der Waals surface area contributed by atoms with Crippen LogP contribution in [0.1, 0.15) is 31.1 Å². The Kier molecular flexibility index (Phi) is 5.59. The van der Waals surface area contributed by atoms with E-state index < -0.39 is 0 Å². The molecule has 0 saturated heterocycles. The minimum absolute atomic E-state index is 0.248. The molecule has 4 heteroatoms. The summed E-state index contributed by atoms with van der Waals surface area (Å²) < 4.78 is 0. The van der Waals surface area contributed by atoms with Crippen molar-refractivity contribution in [2.45, 2.75) is 26.4 Å². The Morgan fingerprint density at radius 3 is 2.67 bits per heavy atom. The lowest BCUT2D eigenvalue weighted by molar-refractivity contribution is 0.652. The third kappa shape index (κ3) is 3.96. The van der Waals surface area contributed by atoms with E-state index in [9.17, 15) is 0 Å². The van der Waals surface area contributed by atoms with Gasteiger partial charge in [0.05, 0.1) is 12.2 Å². The summed E-state index contributed by atoms with van der Waals surface area (Å²) in [4.78, 5) is 6.65. The first kappa shape index (κ1) is 15.8. The molecule has 0 spiro atoms. The molecular weight excluding hydrogens is 282 g/mol. The van der Waals surface area contributed by atoms with Gasteiger partial charge >= 0.3 is 0 Å². The molecule has 1 atom stereocenters. The number of nitrogens with zero attached hydrogens (tertiary/aromatic N) is 2. The van der Waals surface area contributed by atoms with Crippen molar-refractivity contribution in [3.63, 3.8) is 0 Å². The van der Waals surface area contributed by atoms with Gasteiger partial charge in [-0.3, -0.25) is 4.98 Å². The lowest BCUT2D eigenvalue weighted by Crippen LogP contribution is -2.22. The summed E-state index contributed by atoms with van der Waals surface area (Å²) >= 11 is 6.42. The lowest BCUT2D eigenvalue weighted by atomic mass is 10.1. The van der Waals surface area contributed by atoms with Crippen molar-refractivity contribution in [2.24, 2.45) is 0 Å². The van der Waals surface area contributed by atoms with E-state index in [1.807, 2.05) is 37.5 Å². The molecule has 1 heterocycles. The number of benzene rings is 1. The molecule has 0 fully saturated rings. The van der Waals surface area contributed by atoms with Crippen molar-refractivity contribution in [3.05, 3.63) is 58.9 Å². The van der Waals surface area contributed by atoms with Gasteiger partial charge in [-0.25, -0.2) is 0 Å². The zero-order valence-electron chi connectivity index (χ0n) is 12.8. The van der Waals surface area contributed by atoms with Gasteiger partial charge in [0, 0.05) is 29.5 Å². The van der Waals surface area contributed by atoms with Crippen molar-refractivity contribution in [1.29, 1.82) is 0 Å². The van der Waals surface area contributed by atoms with Crippen LogP contribution in [0.3, 0.4) is 0 Å². The van der Waals surface area contributed by atoms with Crippen LogP contribution in [0.4, 0.5) is 5.69 Å². The van der Waals surface area contributed by atoms with E-state index >= 15 is 0 Å². The molecular formula is C17H22ClN3. The number of rotatable bonds is 6. The summed E-state index contributed by atoms with van der Waals surface area (Å²) in [5.41, 5.74) is 3.31. The highest BCUT2D eigenvalue weighted by molar-refractivity contribution is 6.31. The van der Waals surface area contributed by atoms with Crippen LogP contribution < -0.4 is 10.2 Å². The quantitative estimate of drug-likeness (QED) is 0.873. The van der Waals surface area contributed by atoms with Crippen LogP contribution in [0.5, 0.6) is 0 Å².